The zero-order valence-corrected chi connectivity index (χ0v) is 10.2. The van der Waals surface area contributed by atoms with Gasteiger partial charge in [0, 0.05) is 25.7 Å². The van der Waals surface area contributed by atoms with Crippen molar-refractivity contribution in [1.29, 1.82) is 5.26 Å². The molecular weight excluding hydrogens is 186 g/mol. The molecule has 0 bridgehead atoms. The minimum absolute atomic E-state index is 0.365. The highest BCUT2D eigenvalue weighted by molar-refractivity contribution is 4.83. The Bertz CT molecular complexity index is 216. The van der Waals surface area contributed by atoms with Crippen LogP contribution in [0.2, 0.25) is 0 Å². The van der Waals surface area contributed by atoms with E-state index in [9.17, 15) is 0 Å². The van der Waals surface area contributed by atoms with E-state index in [1.807, 2.05) is 0 Å². The van der Waals surface area contributed by atoms with E-state index in [1.54, 1.807) is 0 Å². The zero-order chi connectivity index (χ0) is 11.3. The Kier molecular flexibility index (Phi) is 4.56. The van der Waals surface area contributed by atoms with Crippen LogP contribution in [0.4, 0.5) is 0 Å². The van der Waals surface area contributed by atoms with Crippen molar-refractivity contribution in [1.82, 2.24) is 10.2 Å². The fourth-order valence-corrected chi connectivity index (χ4v) is 1.85. The average molecular weight is 209 g/mol. The normalized spacial score (nSPS) is 20.1. The number of hydrogen-bond acceptors (Lipinski definition) is 3. The lowest BCUT2D eigenvalue weighted by molar-refractivity contribution is 0.207. The first kappa shape index (κ1) is 12.5. The molecule has 1 saturated heterocycles. The Morgan fingerprint density at radius 3 is 2.40 bits per heavy atom. The minimum atomic E-state index is 0.365. The molecule has 3 heteroatoms. The van der Waals surface area contributed by atoms with Crippen LogP contribution in [0.3, 0.4) is 0 Å². The second kappa shape index (κ2) is 5.48. The van der Waals surface area contributed by atoms with E-state index in [1.165, 1.54) is 12.8 Å². The molecule has 1 fully saturated rings. The Morgan fingerprint density at radius 2 is 1.93 bits per heavy atom. The lowest BCUT2D eigenvalue weighted by atomic mass is 9.95. The third-order valence-electron chi connectivity index (χ3n) is 2.80. The molecule has 0 unspecified atom stereocenters. The molecule has 1 rings (SSSR count). The topological polar surface area (TPSA) is 39.1 Å². The molecule has 3 nitrogen and oxygen atoms in total. The van der Waals surface area contributed by atoms with Gasteiger partial charge in [-0.05, 0) is 18.3 Å². The van der Waals surface area contributed by atoms with E-state index in [0.717, 1.165) is 19.6 Å². The number of piperidine rings is 1. The molecule has 0 aliphatic carbocycles. The Labute approximate surface area is 93.5 Å². The van der Waals surface area contributed by atoms with Crippen molar-refractivity contribution in [3.63, 3.8) is 0 Å². The SMILES string of the molecule is CC(C)(C)CNC1CCN(CC#N)CC1. The third-order valence-corrected chi connectivity index (χ3v) is 2.80. The van der Waals surface area contributed by atoms with Crippen molar-refractivity contribution < 1.29 is 0 Å². The molecular formula is C12H23N3. The largest absolute Gasteiger partial charge is 0.313 e. The van der Waals surface area contributed by atoms with Crippen molar-refractivity contribution in [2.24, 2.45) is 5.41 Å². The van der Waals surface area contributed by atoms with Crippen molar-refractivity contribution in [2.75, 3.05) is 26.2 Å². The Balaban J connectivity index is 2.18. The number of nitrogens with zero attached hydrogens (tertiary/aromatic N) is 2. The van der Waals surface area contributed by atoms with Crippen LogP contribution < -0.4 is 5.32 Å². The fraction of sp³-hybridized carbons (Fsp3) is 0.917. The first-order chi connectivity index (χ1) is 7.01. The van der Waals surface area contributed by atoms with Gasteiger partial charge < -0.3 is 5.32 Å². The second-order valence-electron chi connectivity index (χ2n) is 5.65. The van der Waals surface area contributed by atoms with E-state index in [0.29, 0.717) is 18.0 Å². The summed E-state index contributed by atoms with van der Waals surface area (Å²) in [4.78, 5) is 2.23. The summed E-state index contributed by atoms with van der Waals surface area (Å²) in [6.45, 7) is 10.6. The maximum atomic E-state index is 8.59. The van der Waals surface area contributed by atoms with E-state index < -0.39 is 0 Å². The van der Waals surface area contributed by atoms with Gasteiger partial charge in [-0.2, -0.15) is 5.26 Å². The van der Waals surface area contributed by atoms with Crippen molar-refractivity contribution in [3.8, 4) is 6.07 Å². The summed E-state index contributed by atoms with van der Waals surface area (Å²) in [7, 11) is 0. The van der Waals surface area contributed by atoms with Crippen LogP contribution in [-0.4, -0.2) is 37.1 Å². The summed E-state index contributed by atoms with van der Waals surface area (Å²) in [5.74, 6) is 0. The van der Waals surface area contributed by atoms with Gasteiger partial charge >= 0.3 is 0 Å². The van der Waals surface area contributed by atoms with Crippen LogP contribution in [0.25, 0.3) is 0 Å². The molecule has 0 spiro atoms. The predicted octanol–water partition coefficient (Wildman–Crippen LogP) is 1.61. The molecule has 1 heterocycles. The molecule has 0 atom stereocenters. The van der Waals surface area contributed by atoms with Crippen LogP contribution >= 0.6 is 0 Å². The lowest BCUT2D eigenvalue weighted by Gasteiger charge is -2.32. The van der Waals surface area contributed by atoms with E-state index in [-0.39, 0.29) is 0 Å². The van der Waals surface area contributed by atoms with Gasteiger partial charge in [0.25, 0.3) is 0 Å². The molecule has 0 aromatic heterocycles. The zero-order valence-electron chi connectivity index (χ0n) is 10.2. The molecule has 0 radical (unpaired) electrons. The van der Waals surface area contributed by atoms with Gasteiger partial charge in [-0.25, -0.2) is 0 Å². The lowest BCUT2D eigenvalue weighted by Crippen LogP contribution is -2.44. The molecule has 0 saturated carbocycles. The standard InChI is InChI=1S/C12H23N3/c1-12(2,3)10-14-11-4-7-15(8-5-11)9-6-13/h11,14H,4-5,7-10H2,1-3H3. The Morgan fingerprint density at radius 1 is 1.33 bits per heavy atom. The smallest absolute Gasteiger partial charge is 0.0866 e. The van der Waals surface area contributed by atoms with Gasteiger partial charge in [0.2, 0.25) is 0 Å². The highest BCUT2D eigenvalue weighted by atomic mass is 15.1. The highest BCUT2D eigenvalue weighted by Crippen LogP contribution is 2.14. The summed E-state index contributed by atoms with van der Waals surface area (Å²) < 4.78 is 0. The minimum Gasteiger partial charge on any atom is -0.313 e. The van der Waals surface area contributed by atoms with Crippen LogP contribution in [-0.2, 0) is 0 Å². The van der Waals surface area contributed by atoms with Crippen LogP contribution in [0.5, 0.6) is 0 Å². The van der Waals surface area contributed by atoms with E-state index in [4.69, 9.17) is 5.26 Å². The maximum absolute atomic E-state index is 8.59. The van der Waals surface area contributed by atoms with Gasteiger partial charge in [-0.3, -0.25) is 4.90 Å². The van der Waals surface area contributed by atoms with Crippen LogP contribution in [0, 0.1) is 16.7 Å². The molecule has 0 aromatic rings. The molecule has 1 N–H and O–H groups in total. The monoisotopic (exact) mass is 209 g/mol. The van der Waals surface area contributed by atoms with Crippen molar-refractivity contribution in [2.45, 2.75) is 39.7 Å². The highest BCUT2D eigenvalue weighted by Gasteiger charge is 2.20. The third kappa shape index (κ3) is 5.15. The molecule has 1 aliphatic rings. The molecule has 1 aliphatic heterocycles. The number of nitriles is 1. The molecule has 15 heavy (non-hydrogen) atoms. The predicted molar refractivity (Wildman–Crippen MR) is 62.5 cm³/mol. The van der Waals surface area contributed by atoms with Gasteiger partial charge in [0.15, 0.2) is 0 Å². The summed E-state index contributed by atoms with van der Waals surface area (Å²) in [5.41, 5.74) is 0.365. The van der Waals surface area contributed by atoms with E-state index in [2.05, 4.69) is 37.1 Å². The number of nitrogens with one attached hydrogen (secondary N) is 1. The van der Waals surface area contributed by atoms with Gasteiger partial charge in [-0.1, -0.05) is 20.8 Å². The van der Waals surface area contributed by atoms with Crippen LogP contribution in [0.1, 0.15) is 33.6 Å². The average Bonchev–Trinajstić information content (AvgIpc) is 2.16. The maximum Gasteiger partial charge on any atom is 0.0866 e. The van der Waals surface area contributed by atoms with Crippen molar-refractivity contribution >= 4 is 0 Å². The molecule has 0 amide bonds. The molecule has 0 aromatic carbocycles. The number of rotatable bonds is 3. The Hall–Kier alpha value is -0.590. The van der Waals surface area contributed by atoms with Gasteiger partial charge in [-0.15, -0.1) is 0 Å². The second-order valence-corrected chi connectivity index (χ2v) is 5.65. The van der Waals surface area contributed by atoms with Crippen molar-refractivity contribution in [3.05, 3.63) is 0 Å². The molecule has 86 valence electrons. The summed E-state index contributed by atoms with van der Waals surface area (Å²) >= 11 is 0. The summed E-state index contributed by atoms with van der Waals surface area (Å²) in [6, 6.07) is 2.87. The van der Waals surface area contributed by atoms with E-state index >= 15 is 0 Å². The fourth-order valence-electron chi connectivity index (χ4n) is 1.85. The number of hydrogen-bond donors (Lipinski definition) is 1. The quantitative estimate of drug-likeness (QED) is 0.718. The summed E-state index contributed by atoms with van der Waals surface area (Å²) in [5, 5.41) is 12.2. The van der Waals surface area contributed by atoms with Crippen LogP contribution in [0.15, 0.2) is 0 Å². The number of likely N-dealkylation sites (tertiary alicyclic amines) is 1. The first-order valence-electron chi connectivity index (χ1n) is 5.84. The van der Waals surface area contributed by atoms with Gasteiger partial charge in [0.05, 0.1) is 12.6 Å². The van der Waals surface area contributed by atoms with Gasteiger partial charge in [0.1, 0.15) is 0 Å². The first-order valence-corrected chi connectivity index (χ1v) is 5.84. The summed E-state index contributed by atoms with van der Waals surface area (Å²) in [6.07, 6.45) is 2.36.